The van der Waals surface area contributed by atoms with Crippen molar-refractivity contribution in [2.24, 2.45) is 0 Å². The van der Waals surface area contributed by atoms with Crippen molar-refractivity contribution in [3.63, 3.8) is 0 Å². The van der Waals surface area contributed by atoms with Gasteiger partial charge in [-0.05, 0) is 25.3 Å². The molecular weight excluding hydrogens is 200 g/mol. The van der Waals surface area contributed by atoms with E-state index < -0.39 is 5.97 Å². The molecule has 0 heterocycles. The van der Waals surface area contributed by atoms with E-state index in [1.807, 2.05) is 31.2 Å². The van der Waals surface area contributed by atoms with Crippen LogP contribution in [-0.2, 0) is 4.79 Å². The molecule has 1 N–H and O–H groups in total. The highest BCUT2D eigenvalue weighted by Gasteiger charge is 2.00. The molecule has 0 aliphatic rings. The van der Waals surface area contributed by atoms with Crippen molar-refractivity contribution in [3.05, 3.63) is 53.6 Å². The van der Waals surface area contributed by atoms with Crippen LogP contribution in [-0.4, -0.2) is 11.1 Å². The van der Waals surface area contributed by atoms with Crippen LogP contribution >= 0.6 is 0 Å². The lowest BCUT2D eigenvalue weighted by molar-refractivity contribution is -0.132. The van der Waals surface area contributed by atoms with E-state index in [0.717, 1.165) is 5.56 Å². The van der Waals surface area contributed by atoms with Gasteiger partial charge < -0.3 is 5.11 Å². The Morgan fingerprint density at radius 1 is 1.38 bits per heavy atom. The van der Waals surface area contributed by atoms with E-state index in [1.165, 1.54) is 5.56 Å². The second-order valence-electron chi connectivity index (χ2n) is 3.76. The number of rotatable bonds is 5. The number of hydrogen-bond acceptors (Lipinski definition) is 1. The van der Waals surface area contributed by atoms with E-state index in [2.05, 4.69) is 18.7 Å². The first-order valence-electron chi connectivity index (χ1n) is 5.24. The molecule has 1 rings (SSSR count). The van der Waals surface area contributed by atoms with Gasteiger partial charge in [-0.3, -0.25) is 0 Å². The van der Waals surface area contributed by atoms with E-state index in [4.69, 9.17) is 5.11 Å². The van der Waals surface area contributed by atoms with Crippen LogP contribution in [0.25, 0.3) is 6.08 Å². The van der Waals surface area contributed by atoms with E-state index in [0.29, 0.717) is 12.8 Å². The van der Waals surface area contributed by atoms with Crippen LogP contribution in [0.5, 0.6) is 0 Å². The number of carbonyl (C=O) groups is 1. The van der Waals surface area contributed by atoms with Crippen molar-refractivity contribution in [3.8, 4) is 0 Å². The minimum atomic E-state index is -0.913. The first-order valence-corrected chi connectivity index (χ1v) is 5.24. The molecule has 1 aromatic rings. The summed E-state index contributed by atoms with van der Waals surface area (Å²) in [5.41, 5.74) is 2.62. The minimum Gasteiger partial charge on any atom is -0.478 e. The molecule has 0 aromatic heterocycles. The molecule has 0 atom stereocenters. The second kappa shape index (κ2) is 5.91. The Balaban J connectivity index is 2.40. The molecule has 0 bridgehead atoms. The maximum absolute atomic E-state index is 10.5. The third-order valence-electron chi connectivity index (χ3n) is 2.30. The summed E-state index contributed by atoms with van der Waals surface area (Å²) in [6.45, 7) is 5.52. The second-order valence-corrected chi connectivity index (χ2v) is 3.76. The van der Waals surface area contributed by atoms with Crippen LogP contribution in [0.2, 0.25) is 0 Å². The first kappa shape index (κ1) is 12.2. The predicted octanol–water partition coefficient (Wildman–Crippen LogP) is 3.43. The van der Waals surface area contributed by atoms with Crippen LogP contribution in [0, 0.1) is 6.92 Å². The van der Waals surface area contributed by atoms with E-state index >= 15 is 0 Å². The highest BCUT2D eigenvalue weighted by molar-refractivity contribution is 5.85. The Hall–Kier alpha value is -1.83. The summed E-state index contributed by atoms with van der Waals surface area (Å²) < 4.78 is 0. The van der Waals surface area contributed by atoms with Gasteiger partial charge in [-0.15, -0.1) is 0 Å². The summed E-state index contributed by atoms with van der Waals surface area (Å²) in [6, 6.07) is 8.18. The normalized spacial score (nSPS) is 10.6. The summed E-state index contributed by atoms with van der Waals surface area (Å²) >= 11 is 0. The third kappa shape index (κ3) is 4.13. The molecule has 84 valence electrons. The molecule has 0 aliphatic carbocycles. The van der Waals surface area contributed by atoms with Gasteiger partial charge in [0.2, 0.25) is 0 Å². The average molecular weight is 216 g/mol. The fourth-order valence-corrected chi connectivity index (χ4v) is 1.26. The fraction of sp³-hybridized carbons (Fsp3) is 0.214. The van der Waals surface area contributed by atoms with Gasteiger partial charge in [0.15, 0.2) is 0 Å². The Bertz CT molecular complexity index is 399. The largest absolute Gasteiger partial charge is 0.478 e. The fourth-order valence-electron chi connectivity index (χ4n) is 1.26. The zero-order valence-electron chi connectivity index (χ0n) is 9.44. The summed E-state index contributed by atoms with van der Waals surface area (Å²) in [4.78, 5) is 10.5. The molecule has 0 radical (unpaired) electrons. The van der Waals surface area contributed by atoms with Crippen molar-refractivity contribution in [2.45, 2.75) is 19.8 Å². The van der Waals surface area contributed by atoms with Crippen LogP contribution in [0.4, 0.5) is 0 Å². The number of hydrogen-bond donors (Lipinski definition) is 1. The molecule has 2 heteroatoms. The standard InChI is InChI=1S/C14H16O2/c1-11-7-9-13(10-8-11)6-4-3-5-12(2)14(15)16/h4,6-10H,2-3,5H2,1H3,(H,15,16). The van der Waals surface area contributed by atoms with Crippen molar-refractivity contribution in [1.29, 1.82) is 0 Å². The molecule has 1 aromatic carbocycles. The Morgan fingerprint density at radius 2 is 2.00 bits per heavy atom. The Labute approximate surface area is 95.9 Å². The van der Waals surface area contributed by atoms with Gasteiger partial charge in [0.1, 0.15) is 0 Å². The topological polar surface area (TPSA) is 37.3 Å². The maximum Gasteiger partial charge on any atom is 0.330 e. The lowest BCUT2D eigenvalue weighted by atomic mass is 10.1. The maximum atomic E-state index is 10.5. The Kier molecular flexibility index (Phi) is 4.52. The third-order valence-corrected chi connectivity index (χ3v) is 2.30. The lowest BCUT2D eigenvalue weighted by Crippen LogP contribution is -1.97. The average Bonchev–Trinajstić information content (AvgIpc) is 2.26. The molecule has 2 nitrogen and oxygen atoms in total. The van der Waals surface area contributed by atoms with E-state index in [-0.39, 0.29) is 5.57 Å². The molecule has 0 aliphatic heterocycles. The molecule has 16 heavy (non-hydrogen) atoms. The first-order chi connectivity index (χ1) is 7.59. The number of carboxylic acids is 1. The molecular formula is C14H16O2. The van der Waals surface area contributed by atoms with E-state index in [9.17, 15) is 4.79 Å². The number of aryl methyl sites for hydroxylation is 1. The Morgan fingerprint density at radius 3 is 2.56 bits per heavy atom. The molecule has 0 saturated carbocycles. The summed E-state index contributed by atoms with van der Waals surface area (Å²) in [5, 5.41) is 8.61. The zero-order valence-corrected chi connectivity index (χ0v) is 9.44. The van der Waals surface area contributed by atoms with Gasteiger partial charge >= 0.3 is 5.97 Å². The van der Waals surface area contributed by atoms with Crippen LogP contribution < -0.4 is 0 Å². The van der Waals surface area contributed by atoms with E-state index in [1.54, 1.807) is 0 Å². The summed E-state index contributed by atoms with van der Waals surface area (Å²) in [5.74, 6) is -0.913. The summed E-state index contributed by atoms with van der Waals surface area (Å²) in [6.07, 6.45) is 5.17. The van der Waals surface area contributed by atoms with Gasteiger partial charge in [0.05, 0.1) is 0 Å². The van der Waals surface area contributed by atoms with Gasteiger partial charge in [0.25, 0.3) is 0 Å². The van der Waals surface area contributed by atoms with Gasteiger partial charge in [-0.25, -0.2) is 4.79 Å². The smallest absolute Gasteiger partial charge is 0.330 e. The van der Waals surface area contributed by atoms with Crippen molar-refractivity contribution < 1.29 is 9.90 Å². The van der Waals surface area contributed by atoms with Crippen molar-refractivity contribution in [2.75, 3.05) is 0 Å². The SMILES string of the molecule is C=C(CCC=Cc1ccc(C)cc1)C(=O)O. The van der Waals surface area contributed by atoms with Gasteiger partial charge in [-0.2, -0.15) is 0 Å². The van der Waals surface area contributed by atoms with Crippen molar-refractivity contribution >= 4 is 12.0 Å². The summed E-state index contributed by atoms with van der Waals surface area (Å²) in [7, 11) is 0. The lowest BCUT2D eigenvalue weighted by Gasteiger charge is -1.96. The van der Waals surface area contributed by atoms with Crippen molar-refractivity contribution in [1.82, 2.24) is 0 Å². The highest BCUT2D eigenvalue weighted by atomic mass is 16.4. The van der Waals surface area contributed by atoms with Crippen LogP contribution in [0.3, 0.4) is 0 Å². The number of allylic oxidation sites excluding steroid dienone is 1. The zero-order chi connectivity index (χ0) is 12.0. The number of aliphatic carboxylic acids is 1. The number of carboxylic acid groups (broad SMARTS) is 1. The van der Waals surface area contributed by atoms with Crippen LogP contribution in [0.1, 0.15) is 24.0 Å². The quantitative estimate of drug-likeness (QED) is 0.765. The van der Waals surface area contributed by atoms with Gasteiger partial charge in [0, 0.05) is 5.57 Å². The minimum absolute atomic E-state index is 0.258. The molecule has 0 fully saturated rings. The molecule has 0 amide bonds. The molecule has 0 unspecified atom stereocenters. The molecule has 0 saturated heterocycles. The number of benzene rings is 1. The highest BCUT2D eigenvalue weighted by Crippen LogP contribution is 2.08. The van der Waals surface area contributed by atoms with Gasteiger partial charge in [-0.1, -0.05) is 48.6 Å². The molecule has 0 spiro atoms. The van der Waals surface area contributed by atoms with Crippen LogP contribution in [0.15, 0.2) is 42.5 Å². The monoisotopic (exact) mass is 216 g/mol. The predicted molar refractivity (Wildman–Crippen MR) is 66.2 cm³/mol.